The molecule has 4 aromatic rings. The molecular formula is C34H32Cl2O4. The second kappa shape index (κ2) is 12.7. The van der Waals surface area contributed by atoms with Crippen LogP contribution in [0.3, 0.4) is 0 Å². The number of rotatable bonds is 9. The Kier molecular flexibility index (Phi) is 8.59. The van der Waals surface area contributed by atoms with Crippen LogP contribution in [-0.2, 0) is 22.3 Å². The Morgan fingerprint density at radius 1 is 0.600 bits per heavy atom. The molecule has 0 N–H and O–H groups in total. The Morgan fingerprint density at radius 3 is 1.75 bits per heavy atom. The summed E-state index contributed by atoms with van der Waals surface area (Å²) in [4.78, 5) is 0. The molecule has 0 spiro atoms. The lowest BCUT2D eigenvalue weighted by Crippen LogP contribution is -2.15. The molecule has 206 valence electrons. The van der Waals surface area contributed by atoms with Gasteiger partial charge < -0.3 is 18.9 Å². The summed E-state index contributed by atoms with van der Waals surface area (Å²) >= 11 is 13.3. The van der Waals surface area contributed by atoms with Gasteiger partial charge in [-0.15, -0.1) is 0 Å². The number of hydrogen-bond acceptors (Lipinski definition) is 4. The highest BCUT2D eigenvalue weighted by molar-refractivity contribution is 6.32. The first-order valence-electron chi connectivity index (χ1n) is 13.8. The molecule has 0 bridgehead atoms. The lowest BCUT2D eigenvalue weighted by Gasteiger charge is -2.14. The highest BCUT2D eigenvalue weighted by Crippen LogP contribution is 2.31. The highest BCUT2D eigenvalue weighted by atomic mass is 35.5. The maximum Gasteiger partial charge on any atom is 0.124 e. The number of ether oxygens (including phenoxy) is 4. The average Bonchev–Trinajstić information content (AvgIpc) is 3.67. The van der Waals surface area contributed by atoms with E-state index in [1.165, 1.54) is 5.56 Å². The molecule has 0 radical (unpaired) electrons. The zero-order valence-corrected chi connectivity index (χ0v) is 23.8. The van der Waals surface area contributed by atoms with Gasteiger partial charge in [0.05, 0.1) is 26.4 Å². The smallest absolute Gasteiger partial charge is 0.124 e. The predicted molar refractivity (Wildman–Crippen MR) is 160 cm³/mol. The van der Waals surface area contributed by atoms with Gasteiger partial charge in [0.15, 0.2) is 0 Å². The molecule has 2 aliphatic heterocycles. The van der Waals surface area contributed by atoms with Crippen LogP contribution in [0.1, 0.15) is 35.1 Å². The first-order chi connectivity index (χ1) is 19.6. The fraction of sp³-hybridized carbons (Fsp3) is 0.294. The second-order valence-electron chi connectivity index (χ2n) is 10.5. The van der Waals surface area contributed by atoms with E-state index in [0.717, 1.165) is 81.8 Å². The van der Waals surface area contributed by atoms with E-state index in [1.54, 1.807) is 0 Å². The predicted octanol–water partition coefficient (Wildman–Crippen LogP) is 8.18. The third-order valence-corrected chi connectivity index (χ3v) is 8.15. The quantitative estimate of drug-likeness (QED) is 0.202. The third kappa shape index (κ3) is 6.82. The summed E-state index contributed by atoms with van der Waals surface area (Å²) in [6, 6.07) is 28.9. The summed E-state index contributed by atoms with van der Waals surface area (Å²) in [6.07, 6.45) is 3.58. The average molecular weight is 576 g/mol. The van der Waals surface area contributed by atoms with Gasteiger partial charge in [-0.05, 0) is 94.8 Å². The van der Waals surface area contributed by atoms with Crippen molar-refractivity contribution in [2.75, 3.05) is 26.4 Å². The molecule has 2 saturated heterocycles. The van der Waals surface area contributed by atoms with Gasteiger partial charge in [0, 0.05) is 22.9 Å². The maximum atomic E-state index is 6.65. The van der Waals surface area contributed by atoms with Crippen molar-refractivity contribution in [1.29, 1.82) is 0 Å². The van der Waals surface area contributed by atoms with Crippen LogP contribution in [-0.4, -0.2) is 38.6 Å². The van der Waals surface area contributed by atoms with Crippen LogP contribution in [0.5, 0.6) is 11.5 Å². The van der Waals surface area contributed by atoms with Crippen molar-refractivity contribution in [3.8, 4) is 22.6 Å². The van der Waals surface area contributed by atoms with Crippen LogP contribution in [0.4, 0.5) is 0 Å². The Hall–Kier alpha value is -3.02. The van der Waals surface area contributed by atoms with Crippen LogP contribution in [0.2, 0.25) is 10.0 Å². The number of halogens is 2. The van der Waals surface area contributed by atoms with Crippen LogP contribution in [0, 0.1) is 0 Å². The van der Waals surface area contributed by atoms with Crippen molar-refractivity contribution in [2.24, 2.45) is 0 Å². The molecule has 4 nitrogen and oxygen atoms in total. The minimum atomic E-state index is 0.125. The van der Waals surface area contributed by atoms with E-state index >= 15 is 0 Å². The van der Waals surface area contributed by atoms with Crippen molar-refractivity contribution in [1.82, 2.24) is 0 Å². The monoisotopic (exact) mass is 574 g/mol. The van der Waals surface area contributed by atoms with Crippen LogP contribution >= 0.6 is 23.2 Å². The molecule has 0 saturated carbocycles. The van der Waals surface area contributed by atoms with Crippen molar-refractivity contribution >= 4 is 23.2 Å². The Morgan fingerprint density at radius 2 is 1.18 bits per heavy atom. The zero-order valence-electron chi connectivity index (χ0n) is 22.3. The molecule has 0 amide bonds. The molecular weight excluding hydrogens is 543 g/mol. The number of hydrogen-bond donors (Lipinski definition) is 0. The van der Waals surface area contributed by atoms with Gasteiger partial charge in [-0.2, -0.15) is 0 Å². The van der Waals surface area contributed by atoms with Crippen LogP contribution < -0.4 is 9.47 Å². The van der Waals surface area contributed by atoms with Gasteiger partial charge in [0.1, 0.15) is 23.7 Å². The SMILES string of the molecule is Clc1ccc(-c2ccc(Cl)c(Cc3cccc(O[C@H]4CCOC4)c3)c2)cc1Cc1ccc(O[C@H]2CCOC2)cc1. The molecule has 2 aliphatic rings. The maximum absolute atomic E-state index is 6.65. The molecule has 0 unspecified atom stereocenters. The van der Waals surface area contributed by atoms with Crippen LogP contribution in [0.15, 0.2) is 84.9 Å². The van der Waals surface area contributed by atoms with Gasteiger partial charge in [-0.3, -0.25) is 0 Å². The number of benzene rings is 4. The summed E-state index contributed by atoms with van der Waals surface area (Å²) in [5, 5.41) is 1.51. The van der Waals surface area contributed by atoms with E-state index in [9.17, 15) is 0 Å². The largest absolute Gasteiger partial charge is 0.488 e. The second-order valence-corrected chi connectivity index (χ2v) is 11.3. The minimum Gasteiger partial charge on any atom is -0.488 e. The topological polar surface area (TPSA) is 36.9 Å². The van der Waals surface area contributed by atoms with Crippen molar-refractivity contribution < 1.29 is 18.9 Å². The van der Waals surface area contributed by atoms with Crippen molar-refractivity contribution in [3.63, 3.8) is 0 Å². The zero-order chi connectivity index (χ0) is 27.3. The Balaban J connectivity index is 1.17. The normalized spacial score (nSPS) is 18.6. The van der Waals surface area contributed by atoms with Gasteiger partial charge in [-0.25, -0.2) is 0 Å². The third-order valence-electron chi connectivity index (χ3n) is 7.42. The summed E-state index contributed by atoms with van der Waals surface area (Å²) in [5.74, 6) is 1.74. The lowest BCUT2D eigenvalue weighted by atomic mass is 9.96. The standard InChI is InChI=1S/C34H32Cl2O4/c35-33-10-6-25(19-27(33)16-23-4-8-29(9-5-23)39-31-12-14-37-21-31)26-7-11-34(36)28(20-26)17-24-2-1-3-30(18-24)40-32-13-15-38-22-32/h1-11,18-20,31-32H,12-17,21-22H2/t31-,32-/m0/s1. The van der Waals surface area contributed by atoms with Gasteiger partial charge >= 0.3 is 0 Å². The molecule has 40 heavy (non-hydrogen) atoms. The molecule has 2 atom stereocenters. The van der Waals surface area contributed by atoms with Crippen molar-refractivity contribution in [3.05, 3.63) is 117 Å². The fourth-order valence-electron chi connectivity index (χ4n) is 5.23. The lowest BCUT2D eigenvalue weighted by molar-refractivity contribution is 0.141. The van der Waals surface area contributed by atoms with E-state index in [1.807, 2.05) is 36.4 Å². The van der Waals surface area contributed by atoms with E-state index in [0.29, 0.717) is 19.6 Å². The summed E-state index contributed by atoms with van der Waals surface area (Å²) < 4.78 is 23.0. The minimum absolute atomic E-state index is 0.125. The molecule has 6 heteroatoms. The Labute approximate surface area is 245 Å². The molecule has 2 heterocycles. The van der Waals surface area contributed by atoms with Gasteiger partial charge in [-0.1, -0.05) is 59.6 Å². The van der Waals surface area contributed by atoms with E-state index in [-0.39, 0.29) is 12.2 Å². The van der Waals surface area contributed by atoms with E-state index < -0.39 is 0 Å². The first kappa shape index (κ1) is 27.2. The van der Waals surface area contributed by atoms with Gasteiger partial charge in [0.2, 0.25) is 0 Å². The molecule has 6 rings (SSSR count). The van der Waals surface area contributed by atoms with E-state index in [4.69, 9.17) is 42.1 Å². The van der Waals surface area contributed by atoms with E-state index in [2.05, 4.69) is 48.5 Å². The fourth-order valence-corrected chi connectivity index (χ4v) is 5.60. The van der Waals surface area contributed by atoms with Gasteiger partial charge in [0.25, 0.3) is 0 Å². The first-order valence-corrected chi connectivity index (χ1v) is 14.6. The molecule has 0 aliphatic carbocycles. The highest BCUT2D eigenvalue weighted by Gasteiger charge is 2.18. The summed E-state index contributed by atoms with van der Waals surface area (Å²) in [5.41, 5.74) is 6.69. The molecule has 4 aromatic carbocycles. The summed E-state index contributed by atoms with van der Waals surface area (Å²) in [6.45, 7) is 2.84. The van der Waals surface area contributed by atoms with Crippen LogP contribution in [0.25, 0.3) is 11.1 Å². The van der Waals surface area contributed by atoms with Crippen molar-refractivity contribution in [2.45, 2.75) is 37.9 Å². The Bertz CT molecular complexity index is 1440. The molecule has 0 aromatic heterocycles. The molecule has 2 fully saturated rings. The summed E-state index contributed by atoms with van der Waals surface area (Å²) in [7, 11) is 0.